The maximum absolute atomic E-state index is 13.2. The molecule has 1 aliphatic carbocycles. The van der Waals surface area contributed by atoms with Gasteiger partial charge in [0, 0.05) is 23.3 Å². The van der Waals surface area contributed by atoms with E-state index in [-0.39, 0.29) is 5.91 Å². The first-order chi connectivity index (χ1) is 14.2. The van der Waals surface area contributed by atoms with Crippen LogP contribution in [0.2, 0.25) is 0 Å². The zero-order valence-electron chi connectivity index (χ0n) is 16.1. The van der Waals surface area contributed by atoms with E-state index in [1.807, 2.05) is 72.2 Å². The number of aryl methyl sites for hydroxylation is 3. The summed E-state index contributed by atoms with van der Waals surface area (Å²) in [5.41, 5.74) is 6.13. The van der Waals surface area contributed by atoms with E-state index in [2.05, 4.69) is 15.6 Å². The molecule has 0 fully saturated rings. The number of anilines is 3. The number of carbonyl (C=O) groups is 1. The number of benzene rings is 2. The summed E-state index contributed by atoms with van der Waals surface area (Å²) in [6.07, 6.45) is 4.92. The normalized spacial score (nSPS) is 12.7. The fraction of sp³-hybridized carbons (Fsp3) is 0.174. The first kappa shape index (κ1) is 17.4. The van der Waals surface area contributed by atoms with Gasteiger partial charge in [-0.25, -0.2) is 9.50 Å². The third-order valence-electron chi connectivity index (χ3n) is 5.26. The zero-order chi connectivity index (χ0) is 19.8. The Kier molecular flexibility index (Phi) is 4.24. The van der Waals surface area contributed by atoms with Crippen LogP contribution in [0.25, 0.3) is 5.65 Å². The minimum Gasteiger partial charge on any atom is -0.338 e. The molecule has 0 aliphatic heterocycles. The minimum absolute atomic E-state index is 0.229. The lowest BCUT2D eigenvalue weighted by atomic mass is 10.2. The van der Waals surface area contributed by atoms with E-state index < -0.39 is 0 Å². The average molecular weight is 383 g/mol. The van der Waals surface area contributed by atoms with Crippen molar-refractivity contribution in [3.05, 3.63) is 83.2 Å². The molecule has 5 rings (SSSR count). The number of carbonyl (C=O) groups excluding carboxylic acids is 1. The monoisotopic (exact) mass is 383 g/mol. The molecule has 0 bridgehead atoms. The van der Waals surface area contributed by atoms with Crippen LogP contribution >= 0.6 is 0 Å². The highest BCUT2D eigenvalue weighted by Crippen LogP contribution is 2.29. The SMILES string of the molecule is Cc1ccc(NC(=O)c2c(Nc3ccccc3)nn3c4c(cnc23)CCC4)cc1. The Labute approximate surface area is 168 Å². The van der Waals surface area contributed by atoms with Gasteiger partial charge >= 0.3 is 0 Å². The largest absolute Gasteiger partial charge is 0.338 e. The van der Waals surface area contributed by atoms with Crippen LogP contribution < -0.4 is 10.6 Å². The summed E-state index contributed by atoms with van der Waals surface area (Å²) in [5, 5.41) is 11.0. The fourth-order valence-corrected chi connectivity index (χ4v) is 3.77. The topological polar surface area (TPSA) is 71.3 Å². The summed E-state index contributed by atoms with van der Waals surface area (Å²) in [5.74, 6) is 0.279. The molecule has 0 saturated carbocycles. The number of fused-ring (bicyclic) bond motifs is 3. The van der Waals surface area contributed by atoms with Crippen molar-refractivity contribution in [2.45, 2.75) is 26.2 Å². The van der Waals surface area contributed by atoms with Gasteiger partial charge in [-0.15, -0.1) is 5.10 Å². The van der Waals surface area contributed by atoms with E-state index in [9.17, 15) is 4.79 Å². The summed E-state index contributed by atoms with van der Waals surface area (Å²) < 4.78 is 1.83. The van der Waals surface area contributed by atoms with Crippen LogP contribution in [-0.4, -0.2) is 20.5 Å². The Morgan fingerprint density at radius 1 is 1.00 bits per heavy atom. The van der Waals surface area contributed by atoms with Crippen molar-refractivity contribution in [1.29, 1.82) is 0 Å². The van der Waals surface area contributed by atoms with Gasteiger partial charge in [0.25, 0.3) is 5.91 Å². The van der Waals surface area contributed by atoms with Crippen LogP contribution in [0.4, 0.5) is 17.2 Å². The van der Waals surface area contributed by atoms with E-state index in [0.29, 0.717) is 17.0 Å². The first-order valence-corrected chi connectivity index (χ1v) is 9.78. The van der Waals surface area contributed by atoms with E-state index in [1.165, 1.54) is 5.56 Å². The zero-order valence-corrected chi connectivity index (χ0v) is 16.1. The van der Waals surface area contributed by atoms with Crippen molar-refractivity contribution in [2.24, 2.45) is 0 Å². The molecule has 6 nitrogen and oxygen atoms in total. The summed E-state index contributed by atoms with van der Waals surface area (Å²) in [7, 11) is 0. The van der Waals surface area contributed by atoms with Crippen molar-refractivity contribution in [3.8, 4) is 0 Å². The molecule has 0 unspecified atom stereocenters. The molecule has 144 valence electrons. The predicted molar refractivity (Wildman–Crippen MR) is 114 cm³/mol. The van der Waals surface area contributed by atoms with Crippen molar-refractivity contribution in [3.63, 3.8) is 0 Å². The number of amides is 1. The minimum atomic E-state index is -0.229. The van der Waals surface area contributed by atoms with Gasteiger partial charge < -0.3 is 10.6 Å². The van der Waals surface area contributed by atoms with Crippen molar-refractivity contribution in [1.82, 2.24) is 14.6 Å². The number of aromatic nitrogens is 3. The molecule has 2 N–H and O–H groups in total. The average Bonchev–Trinajstić information content (AvgIpc) is 3.34. The molecule has 0 atom stereocenters. The Morgan fingerprint density at radius 2 is 1.79 bits per heavy atom. The van der Waals surface area contributed by atoms with Crippen LogP contribution in [-0.2, 0) is 12.8 Å². The summed E-state index contributed by atoms with van der Waals surface area (Å²) in [6, 6.07) is 17.5. The highest BCUT2D eigenvalue weighted by atomic mass is 16.1. The molecule has 2 aromatic heterocycles. The number of hydrogen-bond donors (Lipinski definition) is 2. The number of nitrogens with zero attached hydrogens (tertiary/aromatic N) is 3. The van der Waals surface area contributed by atoms with Crippen LogP contribution in [0.3, 0.4) is 0 Å². The quantitative estimate of drug-likeness (QED) is 0.543. The van der Waals surface area contributed by atoms with Gasteiger partial charge in [-0.2, -0.15) is 0 Å². The molecule has 0 radical (unpaired) electrons. The predicted octanol–water partition coefficient (Wildman–Crippen LogP) is 4.52. The lowest BCUT2D eigenvalue weighted by Gasteiger charge is -2.08. The molecule has 0 saturated heterocycles. The highest BCUT2D eigenvalue weighted by Gasteiger charge is 2.25. The number of nitrogens with one attached hydrogen (secondary N) is 2. The Bertz CT molecular complexity index is 1200. The van der Waals surface area contributed by atoms with Crippen LogP contribution in [0, 0.1) is 6.92 Å². The van der Waals surface area contributed by atoms with Gasteiger partial charge in [0.1, 0.15) is 5.56 Å². The summed E-state index contributed by atoms with van der Waals surface area (Å²) in [6.45, 7) is 2.02. The van der Waals surface area contributed by atoms with E-state index in [0.717, 1.165) is 41.9 Å². The molecule has 29 heavy (non-hydrogen) atoms. The van der Waals surface area contributed by atoms with Crippen molar-refractivity contribution < 1.29 is 4.79 Å². The van der Waals surface area contributed by atoms with Crippen LogP contribution in [0.5, 0.6) is 0 Å². The molecule has 2 aromatic carbocycles. The standard InChI is InChI=1S/C23H21N5O/c1-15-10-12-18(13-11-15)26-23(29)20-21(25-17-7-3-2-4-8-17)27-28-19-9-5-6-16(19)14-24-22(20)28/h2-4,7-8,10-14H,5-6,9H2,1H3,(H,25,27)(H,26,29). The Balaban J connectivity index is 1.60. The van der Waals surface area contributed by atoms with Gasteiger partial charge in [-0.05, 0) is 56.0 Å². The molecule has 2 heterocycles. The van der Waals surface area contributed by atoms with E-state index in [1.54, 1.807) is 0 Å². The number of hydrogen-bond acceptors (Lipinski definition) is 4. The van der Waals surface area contributed by atoms with Gasteiger partial charge in [0.05, 0.1) is 0 Å². The molecule has 0 spiro atoms. The first-order valence-electron chi connectivity index (χ1n) is 9.78. The fourth-order valence-electron chi connectivity index (χ4n) is 3.77. The lowest BCUT2D eigenvalue weighted by molar-refractivity contribution is 0.102. The molecular formula is C23H21N5O. The molecule has 1 amide bonds. The number of para-hydroxylation sites is 1. The molecule has 1 aliphatic rings. The Hall–Kier alpha value is -3.67. The second-order valence-electron chi connectivity index (χ2n) is 7.35. The van der Waals surface area contributed by atoms with Crippen molar-refractivity contribution >= 4 is 28.7 Å². The van der Waals surface area contributed by atoms with Crippen molar-refractivity contribution in [2.75, 3.05) is 10.6 Å². The number of rotatable bonds is 4. The summed E-state index contributed by atoms with van der Waals surface area (Å²) in [4.78, 5) is 17.8. The van der Waals surface area contributed by atoms with Gasteiger partial charge in [-0.1, -0.05) is 35.9 Å². The summed E-state index contributed by atoms with van der Waals surface area (Å²) >= 11 is 0. The van der Waals surface area contributed by atoms with Gasteiger partial charge in [0.2, 0.25) is 0 Å². The van der Waals surface area contributed by atoms with Gasteiger partial charge in [-0.3, -0.25) is 4.79 Å². The molecular weight excluding hydrogens is 362 g/mol. The second-order valence-corrected chi connectivity index (χ2v) is 7.35. The third kappa shape index (κ3) is 3.23. The maximum Gasteiger partial charge on any atom is 0.263 e. The molecule has 6 heteroatoms. The smallest absolute Gasteiger partial charge is 0.263 e. The Morgan fingerprint density at radius 3 is 2.59 bits per heavy atom. The van der Waals surface area contributed by atoms with Gasteiger partial charge in [0.15, 0.2) is 11.5 Å². The van der Waals surface area contributed by atoms with Crippen LogP contribution in [0.15, 0.2) is 60.8 Å². The van der Waals surface area contributed by atoms with E-state index >= 15 is 0 Å². The third-order valence-corrected chi connectivity index (χ3v) is 5.26. The molecule has 4 aromatic rings. The lowest BCUT2D eigenvalue weighted by Crippen LogP contribution is -2.14. The highest BCUT2D eigenvalue weighted by molar-refractivity contribution is 6.12. The second kappa shape index (κ2) is 7.05. The van der Waals surface area contributed by atoms with E-state index in [4.69, 9.17) is 5.10 Å². The maximum atomic E-state index is 13.2. The van der Waals surface area contributed by atoms with Crippen LogP contribution in [0.1, 0.15) is 33.6 Å².